The van der Waals surface area contributed by atoms with E-state index in [0.29, 0.717) is 0 Å². The molecule has 130 valence electrons. The summed E-state index contributed by atoms with van der Waals surface area (Å²) < 4.78 is 0. The van der Waals surface area contributed by atoms with Gasteiger partial charge in [0.2, 0.25) is 0 Å². The second kappa shape index (κ2) is 7.50. The third-order valence-corrected chi connectivity index (χ3v) is 4.54. The van der Waals surface area contributed by atoms with Crippen molar-refractivity contribution < 1.29 is 0 Å². The van der Waals surface area contributed by atoms with E-state index in [2.05, 4.69) is 57.1 Å². The highest BCUT2D eigenvalue weighted by atomic mass is 35.5. The van der Waals surface area contributed by atoms with Gasteiger partial charge in [0.25, 0.3) is 0 Å². The maximum absolute atomic E-state index is 6.04. The van der Waals surface area contributed by atoms with E-state index in [1.165, 1.54) is 10.9 Å². The van der Waals surface area contributed by atoms with E-state index < -0.39 is 0 Å². The van der Waals surface area contributed by atoms with E-state index in [-0.39, 0.29) is 0 Å². The van der Waals surface area contributed by atoms with E-state index in [0.717, 1.165) is 40.6 Å². The molecule has 0 bridgehead atoms. The fourth-order valence-corrected chi connectivity index (χ4v) is 3.15. The third-order valence-electron chi connectivity index (χ3n) is 4.31. The number of nitrogens with zero attached hydrogens (tertiary/aromatic N) is 1. The summed E-state index contributed by atoms with van der Waals surface area (Å²) in [5.74, 6) is 0. The predicted molar refractivity (Wildman–Crippen MR) is 109 cm³/mol. The van der Waals surface area contributed by atoms with Gasteiger partial charge in [0.05, 0.1) is 0 Å². The molecule has 2 aromatic carbocycles. The van der Waals surface area contributed by atoms with Crippen LogP contribution in [0.25, 0.3) is 10.9 Å². The van der Waals surface area contributed by atoms with Crippen molar-refractivity contribution in [1.82, 2.24) is 9.97 Å². The molecule has 0 atom stereocenters. The zero-order valence-corrected chi connectivity index (χ0v) is 14.9. The van der Waals surface area contributed by atoms with Crippen LogP contribution in [0, 0.1) is 0 Å². The van der Waals surface area contributed by atoms with Crippen LogP contribution in [0.5, 0.6) is 0 Å². The second-order valence-electron chi connectivity index (χ2n) is 6.12. The number of halogens is 1. The molecule has 0 fully saturated rings. The summed E-state index contributed by atoms with van der Waals surface area (Å²) in [5, 5.41) is 8.81. The van der Waals surface area contributed by atoms with E-state index in [1.54, 1.807) is 12.4 Å². The summed E-state index contributed by atoms with van der Waals surface area (Å²) in [7, 11) is 0. The molecule has 2 aromatic heterocycles. The summed E-state index contributed by atoms with van der Waals surface area (Å²) in [4.78, 5) is 7.30. The molecule has 0 aliphatic carbocycles. The molecule has 0 aliphatic rings. The van der Waals surface area contributed by atoms with Crippen molar-refractivity contribution in [2.75, 3.05) is 17.2 Å². The van der Waals surface area contributed by atoms with Gasteiger partial charge in [0, 0.05) is 58.1 Å². The molecule has 0 aliphatic heterocycles. The first kappa shape index (κ1) is 16.5. The standard InChI is InChI=1S/C21H19ClN4/c22-16-1-6-20-15(14-25-21(20)13-16)7-12-24-17-2-4-18(5-3-17)26-19-8-10-23-11-9-19/h1-6,8-11,13-14,24-25H,7,12H2,(H,23,26). The number of fused-ring (bicyclic) bond motifs is 1. The Bertz CT molecular complexity index is 994. The summed E-state index contributed by atoms with van der Waals surface area (Å²) in [5.41, 5.74) is 5.56. The Hall–Kier alpha value is -2.98. The van der Waals surface area contributed by atoms with E-state index in [4.69, 9.17) is 11.6 Å². The molecule has 4 rings (SSSR count). The van der Waals surface area contributed by atoms with Crippen molar-refractivity contribution in [3.05, 3.63) is 83.8 Å². The van der Waals surface area contributed by atoms with Crippen LogP contribution in [0.3, 0.4) is 0 Å². The summed E-state index contributed by atoms with van der Waals surface area (Å²) in [6.07, 6.45) is 6.55. The van der Waals surface area contributed by atoms with Gasteiger partial charge in [0.1, 0.15) is 0 Å². The second-order valence-corrected chi connectivity index (χ2v) is 6.56. The molecule has 3 N–H and O–H groups in total. The van der Waals surface area contributed by atoms with Crippen LogP contribution in [-0.4, -0.2) is 16.5 Å². The van der Waals surface area contributed by atoms with Crippen molar-refractivity contribution in [2.24, 2.45) is 0 Å². The normalized spacial score (nSPS) is 10.8. The molecular weight excluding hydrogens is 344 g/mol. The minimum Gasteiger partial charge on any atom is -0.385 e. The maximum atomic E-state index is 6.04. The first-order valence-electron chi connectivity index (χ1n) is 8.54. The van der Waals surface area contributed by atoms with E-state index >= 15 is 0 Å². The van der Waals surface area contributed by atoms with Gasteiger partial charge in [-0.05, 0) is 60.5 Å². The van der Waals surface area contributed by atoms with Crippen LogP contribution in [0.15, 0.2) is 73.2 Å². The Morgan fingerprint density at radius 1 is 0.885 bits per heavy atom. The number of H-pyrrole nitrogens is 1. The molecule has 0 saturated carbocycles. The predicted octanol–water partition coefficient (Wildman–Crippen LogP) is 5.61. The number of pyridine rings is 1. The Morgan fingerprint density at radius 2 is 1.62 bits per heavy atom. The minimum absolute atomic E-state index is 0.754. The zero-order chi connectivity index (χ0) is 17.8. The molecule has 0 spiro atoms. The highest BCUT2D eigenvalue weighted by Crippen LogP contribution is 2.23. The van der Waals surface area contributed by atoms with Crippen LogP contribution >= 0.6 is 11.6 Å². The van der Waals surface area contributed by atoms with Crippen LogP contribution in [0.4, 0.5) is 17.1 Å². The Kier molecular flexibility index (Phi) is 4.75. The fraction of sp³-hybridized carbons (Fsp3) is 0.0952. The number of aromatic amines is 1. The maximum Gasteiger partial charge on any atom is 0.0471 e. The van der Waals surface area contributed by atoms with Gasteiger partial charge in [-0.25, -0.2) is 0 Å². The molecule has 4 aromatic rings. The highest BCUT2D eigenvalue weighted by Gasteiger charge is 2.04. The van der Waals surface area contributed by atoms with E-state index in [1.807, 2.05) is 24.3 Å². The molecular formula is C21H19ClN4. The smallest absolute Gasteiger partial charge is 0.0471 e. The summed E-state index contributed by atoms with van der Waals surface area (Å²) >= 11 is 6.04. The minimum atomic E-state index is 0.754. The van der Waals surface area contributed by atoms with Crippen LogP contribution in [0.1, 0.15) is 5.56 Å². The largest absolute Gasteiger partial charge is 0.385 e. The van der Waals surface area contributed by atoms with Gasteiger partial charge >= 0.3 is 0 Å². The Balaban J connectivity index is 1.34. The van der Waals surface area contributed by atoms with Gasteiger partial charge in [0.15, 0.2) is 0 Å². The number of hydrogen-bond acceptors (Lipinski definition) is 3. The van der Waals surface area contributed by atoms with Crippen LogP contribution < -0.4 is 10.6 Å². The number of aromatic nitrogens is 2. The lowest BCUT2D eigenvalue weighted by Gasteiger charge is -2.09. The van der Waals surface area contributed by atoms with Gasteiger partial charge in [-0.2, -0.15) is 0 Å². The lowest BCUT2D eigenvalue weighted by Crippen LogP contribution is -2.04. The first-order chi connectivity index (χ1) is 12.8. The molecule has 4 nitrogen and oxygen atoms in total. The molecule has 0 saturated heterocycles. The molecule has 0 amide bonds. The summed E-state index contributed by atoms with van der Waals surface area (Å²) in [6.45, 7) is 0.868. The lowest BCUT2D eigenvalue weighted by atomic mass is 10.1. The van der Waals surface area contributed by atoms with Gasteiger partial charge in [-0.1, -0.05) is 17.7 Å². The van der Waals surface area contributed by atoms with Crippen molar-refractivity contribution >= 4 is 39.6 Å². The van der Waals surface area contributed by atoms with Gasteiger partial charge in [-0.15, -0.1) is 0 Å². The Morgan fingerprint density at radius 3 is 2.42 bits per heavy atom. The average Bonchev–Trinajstić information content (AvgIpc) is 3.06. The SMILES string of the molecule is Clc1ccc2c(CCNc3ccc(Nc4ccncc4)cc3)c[nH]c2c1. The Labute approximate surface area is 157 Å². The van der Waals surface area contributed by atoms with Crippen molar-refractivity contribution in [3.8, 4) is 0 Å². The zero-order valence-electron chi connectivity index (χ0n) is 14.2. The number of nitrogens with one attached hydrogen (secondary N) is 3. The molecule has 26 heavy (non-hydrogen) atoms. The number of hydrogen-bond donors (Lipinski definition) is 3. The molecule has 2 heterocycles. The molecule has 5 heteroatoms. The van der Waals surface area contributed by atoms with Crippen LogP contribution in [0.2, 0.25) is 5.02 Å². The van der Waals surface area contributed by atoms with Crippen LogP contribution in [-0.2, 0) is 6.42 Å². The fourth-order valence-electron chi connectivity index (χ4n) is 2.98. The van der Waals surface area contributed by atoms with Crippen molar-refractivity contribution in [3.63, 3.8) is 0 Å². The quantitative estimate of drug-likeness (QED) is 0.417. The number of rotatable bonds is 6. The number of anilines is 3. The van der Waals surface area contributed by atoms with Crippen molar-refractivity contribution in [1.29, 1.82) is 0 Å². The topological polar surface area (TPSA) is 52.7 Å². The number of benzene rings is 2. The summed E-state index contributed by atoms with van der Waals surface area (Å²) in [6, 6.07) is 18.2. The third kappa shape index (κ3) is 3.81. The first-order valence-corrected chi connectivity index (χ1v) is 8.92. The lowest BCUT2D eigenvalue weighted by molar-refractivity contribution is 1.03. The van der Waals surface area contributed by atoms with Gasteiger partial charge < -0.3 is 15.6 Å². The molecule has 0 radical (unpaired) electrons. The van der Waals surface area contributed by atoms with Gasteiger partial charge in [-0.3, -0.25) is 4.98 Å². The van der Waals surface area contributed by atoms with E-state index in [9.17, 15) is 0 Å². The average molecular weight is 363 g/mol. The highest BCUT2D eigenvalue weighted by molar-refractivity contribution is 6.31. The van der Waals surface area contributed by atoms with Crippen molar-refractivity contribution in [2.45, 2.75) is 6.42 Å². The molecule has 0 unspecified atom stereocenters. The monoisotopic (exact) mass is 362 g/mol.